The molecule has 5 nitrogen and oxygen atoms in total. The predicted octanol–water partition coefficient (Wildman–Crippen LogP) is 3.06. The highest BCUT2D eigenvalue weighted by molar-refractivity contribution is 9.10. The van der Waals surface area contributed by atoms with Crippen LogP contribution in [0.1, 0.15) is 25.2 Å². The van der Waals surface area contributed by atoms with E-state index in [1.165, 1.54) is 12.1 Å². The maximum atomic E-state index is 13.2. The number of aromatic nitrogens is 2. The van der Waals surface area contributed by atoms with Crippen molar-refractivity contribution in [2.24, 2.45) is 5.73 Å². The van der Waals surface area contributed by atoms with Gasteiger partial charge in [-0.3, -0.25) is 0 Å². The van der Waals surface area contributed by atoms with Crippen LogP contribution in [0.4, 0.5) is 4.39 Å². The van der Waals surface area contributed by atoms with Crippen LogP contribution in [0.3, 0.4) is 0 Å². The predicted molar refractivity (Wildman–Crippen MR) is 75.4 cm³/mol. The molecular formula is C13H15BrFN3O2. The smallest absolute Gasteiger partial charge is 0.259 e. The summed E-state index contributed by atoms with van der Waals surface area (Å²) in [6.07, 6.45) is 0.917. The minimum atomic E-state index is -0.466. The zero-order valence-corrected chi connectivity index (χ0v) is 12.6. The first-order valence-corrected chi connectivity index (χ1v) is 7.03. The van der Waals surface area contributed by atoms with E-state index in [9.17, 15) is 4.39 Å². The maximum Gasteiger partial charge on any atom is 0.259 e. The van der Waals surface area contributed by atoms with Gasteiger partial charge >= 0.3 is 0 Å². The van der Waals surface area contributed by atoms with Crippen molar-refractivity contribution in [2.45, 2.75) is 19.4 Å². The first-order valence-electron chi connectivity index (χ1n) is 6.24. The number of hydrogen-bond donors (Lipinski definition) is 1. The SMILES string of the molecule is CCCOCC(N)c1noc(-c2cc(F)ccc2Br)n1. The Morgan fingerprint density at radius 1 is 1.50 bits per heavy atom. The second-order valence-corrected chi connectivity index (χ2v) is 5.12. The van der Waals surface area contributed by atoms with Gasteiger partial charge in [-0.05, 0) is 40.5 Å². The molecule has 0 saturated carbocycles. The summed E-state index contributed by atoms with van der Waals surface area (Å²) in [4.78, 5) is 4.18. The molecule has 2 rings (SSSR count). The van der Waals surface area contributed by atoms with Gasteiger partial charge in [0.15, 0.2) is 5.82 Å². The molecule has 20 heavy (non-hydrogen) atoms. The zero-order valence-electron chi connectivity index (χ0n) is 11.0. The van der Waals surface area contributed by atoms with Crippen molar-refractivity contribution in [3.63, 3.8) is 0 Å². The lowest BCUT2D eigenvalue weighted by Crippen LogP contribution is -2.18. The number of ether oxygens (including phenoxy) is 1. The maximum absolute atomic E-state index is 13.2. The number of nitrogens with zero attached hydrogens (tertiary/aromatic N) is 2. The first-order chi connectivity index (χ1) is 9.61. The van der Waals surface area contributed by atoms with Crippen molar-refractivity contribution in [1.82, 2.24) is 10.1 Å². The van der Waals surface area contributed by atoms with Crippen molar-refractivity contribution in [3.8, 4) is 11.5 Å². The second-order valence-electron chi connectivity index (χ2n) is 4.26. The van der Waals surface area contributed by atoms with E-state index in [2.05, 4.69) is 26.1 Å². The molecule has 0 aliphatic carbocycles. The molecule has 0 spiro atoms. The quantitative estimate of drug-likeness (QED) is 0.816. The summed E-state index contributed by atoms with van der Waals surface area (Å²) in [6.45, 7) is 2.96. The molecule has 1 atom stereocenters. The normalized spacial score (nSPS) is 12.6. The fourth-order valence-electron chi connectivity index (χ4n) is 1.59. The molecule has 108 valence electrons. The number of nitrogens with two attached hydrogens (primary N) is 1. The van der Waals surface area contributed by atoms with E-state index in [1.807, 2.05) is 6.92 Å². The fraction of sp³-hybridized carbons (Fsp3) is 0.385. The Labute approximate surface area is 124 Å². The van der Waals surface area contributed by atoms with Crippen molar-refractivity contribution in [3.05, 3.63) is 34.3 Å². The van der Waals surface area contributed by atoms with Crippen LogP contribution >= 0.6 is 15.9 Å². The van der Waals surface area contributed by atoms with Gasteiger partial charge in [0.25, 0.3) is 5.89 Å². The van der Waals surface area contributed by atoms with Crippen LogP contribution in [0.2, 0.25) is 0 Å². The summed E-state index contributed by atoms with van der Waals surface area (Å²) in [5.74, 6) is 0.183. The third kappa shape index (κ3) is 3.62. The molecule has 1 aromatic carbocycles. The van der Waals surface area contributed by atoms with Crippen molar-refractivity contribution < 1.29 is 13.7 Å². The lowest BCUT2D eigenvalue weighted by Gasteiger charge is -2.06. The summed E-state index contributed by atoms with van der Waals surface area (Å²) in [7, 11) is 0. The van der Waals surface area contributed by atoms with Gasteiger partial charge in [-0.25, -0.2) is 4.39 Å². The number of halogens is 2. The number of rotatable bonds is 6. The summed E-state index contributed by atoms with van der Waals surface area (Å²) < 4.78 is 24.4. The minimum absolute atomic E-state index is 0.220. The van der Waals surface area contributed by atoms with Gasteiger partial charge in [-0.2, -0.15) is 4.98 Å². The Morgan fingerprint density at radius 3 is 3.05 bits per heavy atom. The Morgan fingerprint density at radius 2 is 2.30 bits per heavy atom. The fourth-order valence-corrected chi connectivity index (χ4v) is 2.00. The van der Waals surface area contributed by atoms with Crippen LogP contribution in [0.25, 0.3) is 11.5 Å². The molecule has 0 aliphatic rings. The topological polar surface area (TPSA) is 74.2 Å². The molecule has 0 saturated heterocycles. The molecule has 0 radical (unpaired) electrons. The van der Waals surface area contributed by atoms with Gasteiger partial charge in [-0.15, -0.1) is 0 Å². The first kappa shape index (κ1) is 15.1. The summed E-state index contributed by atoms with van der Waals surface area (Å²) in [5.41, 5.74) is 6.39. The highest BCUT2D eigenvalue weighted by Crippen LogP contribution is 2.28. The Balaban J connectivity index is 2.14. The van der Waals surface area contributed by atoms with E-state index in [-0.39, 0.29) is 11.7 Å². The third-order valence-corrected chi connectivity index (χ3v) is 3.27. The molecule has 0 bridgehead atoms. The molecule has 1 aromatic heterocycles. The monoisotopic (exact) mass is 343 g/mol. The van der Waals surface area contributed by atoms with Gasteiger partial charge in [0.05, 0.1) is 18.2 Å². The molecule has 0 amide bonds. The molecule has 1 heterocycles. The van der Waals surface area contributed by atoms with Gasteiger partial charge in [0.1, 0.15) is 5.82 Å². The lowest BCUT2D eigenvalue weighted by molar-refractivity contribution is 0.119. The van der Waals surface area contributed by atoms with Gasteiger partial charge in [-0.1, -0.05) is 12.1 Å². The van der Waals surface area contributed by atoms with Crippen molar-refractivity contribution >= 4 is 15.9 Å². The average Bonchev–Trinajstić information content (AvgIpc) is 2.91. The molecule has 2 N–H and O–H groups in total. The molecule has 1 unspecified atom stereocenters. The van der Waals surface area contributed by atoms with Crippen LogP contribution in [0.5, 0.6) is 0 Å². The lowest BCUT2D eigenvalue weighted by atomic mass is 10.2. The van der Waals surface area contributed by atoms with Gasteiger partial charge < -0.3 is 15.0 Å². The molecule has 0 fully saturated rings. The highest BCUT2D eigenvalue weighted by Gasteiger charge is 2.17. The molecule has 7 heteroatoms. The van der Waals surface area contributed by atoms with Crippen LogP contribution in [-0.2, 0) is 4.74 Å². The Kier molecular flexibility index (Phi) is 5.22. The van der Waals surface area contributed by atoms with Gasteiger partial charge in [0, 0.05) is 11.1 Å². The van der Waals surface area contributed by atoms with Crippen LogP contribution in [0.15, 0.2) is 27.2 Å². The highest BCUT2D eigenvalue weighted by atomic mass is 79.9. The molecular weight excluding hydrogens is 329 g/mol. The van der Waals surface area contributed by atoms with E-state index in [0.29, 0.717) is 29.1 Å². The summed E-state index contributed by atoms with van der Waals surface area (Å²) >= 11 is 3.31. The number of benzene rings is 1. The average molecular weight is 344 g/mol. The largest absolute Gasteiger partial charge is 0.379 e. The Bertz CT molecular complexity index is 576. The summed E-state index contributed by atoms with van der Waals surface area (Å²) in [5, 5.41) is 3.81. The Hall–Kier alpha value is -1.31. The van der Waals surface area contributed by atoms with E-state index in [1.54, 1.807) is 6.07 Å². The van der Waals surface area contributed by atoms with E-state index in [0.717, 1.165) is 6.42 Å². The van der Waals surface area contributed by atoms with Crippen molar-refractivity contribution in [1.29, 1.82) is 0 Å². The van der Waals surface area contributed by atoms with E-state index < -0.39 is 6.04 Å². The van der Waals surface area contributed by atoms with Gasteiger partial charge in [0.2, 0.25) is 0 Å². The molecule has 2 aromatic rings. The van der Waals surface area contributed by atoms with Crippen molar-refractivity contribution in [2.75, 3.05) is 13.2 Å². The minimum Gasteiger partial charge on any atom is -0.379 e. The van der Waals surface area contributed by atoms with Crippen LogP contribution in [0, 0.1) is 5.82 Å². The summed E-state index contributed by atoms with van der Waals surface area (Å²) in [6, 6.07) is 3.78. The standard InChI is InChI=1S/C13H15BrFN3O2/c1-2-5-19-7-11(16)12-17-13(20-18-12)9-6-8(15)3-4-10(9)14/h3-4,6,11H,2,5,7,16H2,1H3. The van der Waals surface area contributed by atoms with Crippen LogP contribution < -0.4 is 5.73 Å². The zero-order chi connectivity index (χ0) is 14.5. The third-order valence-electron chi connectivity index (χ3n) is 2.58. The van der Waals surface area contributed by atoms with E-state index >= 15 is 0 Å². The van der Waals surface area contributed by atoms with E-state index in [4.69, 9.17) is 15.0 Å². The number of hydrogen-bond acceptors (Lipinski definition) is 5. The van der Waals surface area contributed by atoms with Crippen LogP contribution in [-0.4, -0.2) is 23.4 Å². The second kappa shape index (κ2) is 6.92. The molecule has 0 aliphatic heterocycles.